The summed E-state index contributed by atoms with van der Waals surface area (Å²) < 4.78 is 18.9. The van der Waals surface area contributed by atoms with Gasteiger partial charge in [-0.1, -0.05) is 36.4 Å². The molecule has 142 valence electrons. The second-order valence-corrected chi connectivity index (χ2v) is 6.50. The van der Waals surface area contributed by atoms with E-state index in [1.165, 1.54) is 0 Å². The zero-order valence-electron chi connectivity index (χ0n) is 15.0. The molecule has 1 aliphatic heterocycles. The predicted octanol–water partition coefficient (Wildman–Crippen LogP) is 3.56. The van der Waals surface area contributed by atoms with Crippen molar-refractivity contribution in [1.29, 1.82) is 0 Å². The molecule has 2 aromatic rings. The van der Waals surface area contributed by atoms with Crippen molar-refractivity contribution in [3.8, 4) is 5.75 Å². The normalized spacial score (nSPS) is 14.0. The van der Waals surface area contributed by atoms with Crippen LogP contribution in [-0.4, -0.2) is 25.1 Å². The number of halogens is 1. The number of anilines is 1. The third-order valence-corrected chi connectivity index (χ3v) is 4.49. The molecule has 0 spiro atoms. The summed E-state index contributed by atoms with van der Waals surface area (Å²) in [5, 5.41) is 5.54. The number of fused-ring (bicyclic) bond motifs is 1. The van der Waals surface area contributed by atoms with E-state index in [9.17, 15) is 14.0 Å². The molecular weight excluding hydrogens is 347 g/mol. The lowest BCUT2D eigenvalue weighted by Gasteiger charge is -2.18. The maximum atomic E-state index is 13.2. The van der Waals surface area contributed by atoms with Crippen LogP contribution in [0, 0.1) is 0 Å². The summed E-state index contributed by atoms with van der Waals surface area (Å²) in [5.74, 6) is 0.460. The summed E-state index contributed by atoms with van der Waals surface area (Å²) in [6.45, 7) is -0.279. The Morgan fingerprint density at radius 1 is 1.19 bits per heavy atom. The largest absolute Gasteiger partial charge is 0.494 e. The standard InChI is InChI=1S/C21H23FN2O3/c22-14-19(15-5-2-1-3-6-15)24-20(25)7-4-12-27-17-10-8-16-9-11-21(26)23-18(16)13-17/h1-3,5-6,8,10,13,19H,4,7,9,11-12,14H2,(H,23,26)(H,24,25)/t19-/m1/s1. The van der Waals surface area contributed by atoms with Crippen LogP contribution in [0.2, 0.25) is 0 Å². The van der Waals surface area contributed by atoms with Gasteiger partial charge in [0.2, 0.25) is 11.8 Å². The zero-order chi connectivity index (χ0) is 19.1. The fourth-order valence-electron chi connectivity index (χ4n) is 3.03. The number of aryl methyl sites for hydroxylation is 1. The fraction of sp³-hybridized carbons (Fsp3) is 0.333. The number of nitrogens with one attached hydrogen (secondary N) is 2. The lowest BCUT2D eigenvalue weighted by atomic mass is 10.0. The lowest BCUT2D eigenvalue weighted by Crippen LogP contribution is -2.29. The van der Waals surface area contributed by atoms with Crippen LogP contribution in [0.25, 0.3) is 0 Å². The summed E-state index contributed by atoms with van der Waals surface area (Å²) in [6.07, 6.45) is 2.01. The van der Waals surface area contributed by atoms with Crippen LogP contribution in [0.3, 0.4) is 0 Å². The summed E-state index contributed by atoms with van der Waals surface area (Å²) >= 11 is 0. The molecule has 5 nitrogen and oxygen atoms in total. The molecule has 2 N–H and O–H groups in total. The van der Waals surface area contributed by atoms with Gasteiger partial charge in [-0.3, -0.25) is 9.59 Å². The topological polar surface area (TPSA) is 67.4 Å². The molecule has 0 bridgehead atoms. The Morgan fingerprint density at radius 2 is 2.00 bits per heavy atom. The minimum atomic E-state index is -0.646. The minimum absolute atomic E-state index is 0.0113. The highest BCUT2D eigenvalue weighted by Crippen LogP contribution is 2.27. The Hall–Kier alpha value is -2.89. The number of amides is 2. The third kappa shape index (κ3) is 5.29. The van der Waals surface area contributed by atoms with Crippen LogP contribution in [0.4, 0.5) is 10.1 Å². The van der Waals surface area contributed by atoms with Crippen molar-refractivity contribution < 1.29 is 18.7 Å². The van der Waals surface area contributed by atoms with Gasteiger partial charge < -0.3 is 15.4 Å². The van der Waals surface area contributed by atoms with E-state index < -0.39 is 12.7 Å². The molecule has 27 heavy (non-hydrogen) atoms. The van der Waals surface area contributed by atoms with E-state index >= 15 is 0 Å². The molecule has 0 fully saturated rings. The van der Waals surface area contributed by atoms with Crippen LogP contribution in [0.15, 0.2) is 48.5 Å². The van der Waals surface area contributed by atoms with Crippen molar-refractivity contribution in [2.75, 3.05) is 18.6 Å². The zero-order valence-corrected chi connectivity index (χ0v) is 15.0. The first-order valence-electron chi connectivity index (χ1n) is 9.11. The summed E-state index contributed by atoms with van der Waals surface area (Å²) in [5.41, 5.74) is 2.63. The van der Waals surface area contributed by atoms with Crippen LogP contribution in [-0.2, 0) is 16.0 Å². The third-order valence-electron chi connectivity index (χ3n) is 4.49. The van der Waals surface area contributed by atoms with E-state index in [1.807, 2.05) is 30.3 Å². The Balaban J connectivity index is 1.43. The van der Waals surface area contributed by atoms with Gasteiger partial charge in [-0.05, 0) is 30.0 Å². The Morgan fingerprint density at radius 3 is 2.78 bits per heavy atom. The van der Waals surface area contributed by atoms with Gasteiger partial charge in [0.15, 0.2) is 0 Å². The molecule has 2 amide bonds. The number of carbonyl (C=O) groups is 2. The monoisotopic (exact) mass is 370 g/mol. The maximum Gasteiger partial charge on any atom is 0.224 e. The first-order chi connectivity index (χ1) is 13.2. The molecular formula is C21H23FN2O3. The van der Waals surface area contributed by atoms with E-state index in [1.54, 1.807) is 18.2 Å². The molecule has 0 aromatic heterocycles. The van der Waals surface area contributed by atoms with Gasteiger partial charge in [0.05, 0.1) is 12.6 Å². The molecule has 0 saturated heterocycles. The van der Waals surface area contributed by atoms with Gasteiger partial charge in [-0.2, -0.15) is 0 Å². The highest BCUT2D eigenvalue weighted by atomic mass is 19.1. The van der Waals surface area contributed by atoms with Crippen molar-refractivity contribution in [1.82, 2.24) is 5.32 Å². The molecule has 6 heteroatoms. The van der Waals surface area contributed by atoms with Gasteiger partial charge in [-0.25, -0.2) is 4.39 Å². The average molecular weight is 370 g/mol. The molecule has 1 aliphatic rings. The van der Waals surface area contributed by atoms with Crippen LogP contribution in [0.1, 0.15) is 36.4 Å². The summed E-state index contributed by atoms with van der Waals surface area (Å²) in [6, 6.07) is 14.1. The Bertz CT molecular complexity index is 795. The number of carbonyl (C=O) groups excluding carboxylic acids is 2. The van der Waals surface area contributed by atoms with E-state index in [2.05, 4.69) is 10.6 Å². The van der Waals surface area contributed by atoms with Gasteiger partial charge in [0.1, 0.15) is 12.4 Å². The van der Waals surface area contributed by atoms with E-state index in [0.717, 1.165) is 23.2 Å². The SMILES string of the molecule is O=C1CCc2ccc(OCCCC(=O)N[C@H](CF)c3ccccc3)cc2N1. The quantitative estimate of drug-likeness (QED) is 0.698. The number of hydrogen-bond acceptors (Lipinski definition) is 3. The number of benzene rings is 2. The summed E-state index contributed by atoms with van der Waals surface area (Å²) in [4.78, 5) is 23.5. The van der Waals surface area contributed by atoms with Gasteiger partial charge >= 0.3 is 0 Å². The predicted molar refractivity (Wildman–Crippen MR) is 101 cm³/mol. The van der Waals surface area contributed by atoms with E-state index in [-0.39, 0.29) is 18.2 Å². The summed E-state index contributed by atoms with van der Waals surface area (Å²) in [7, 11) is 0. The number of alkyl halides is 1. The lowest BCUT2D eigenvalue weighted by molar-refractivity contribution is -0.122. The highest BCUT2D eigenvalue weighted by molar-refractivity contribution is 5.94. The molecule has 0 aliphatic carbocycles. The average Bonchev–Trinajstić information content (AvgIpc) is 2.69. The molecule has 3 rings (SSSR count). The maximum absolute atomic E-state index is 13.2. The van der Waals surface area contributed by atoms with Crippen LogP contribution in [0.5, 0.6) is 5.75 Å². The minimum Gasteiger partial charge on any atom is -0.494 e. The Kier molecular flexibility index (Phi) is 6.41. The van der Waals surface area contributed by atoms with E-state index in [0.29, 0.717) is 25.2 Å². The first kappa shape index (κ1) is 18.9. The molecule has 0 saturated carbocycles. The van der Waals surface area contributed by atoms with Crippen molar-refractivity contribution in [2.45, 2.75) is 31.7 Å². The van der Waals surface area contributed by atoms with Crippen LogP contribution < -0.4 is 15.4 Å². The number of hydrogen-bond donors (Lipinski definition) is 2. The Labute approximate surface area is 157 Å². The van der Waals surface area contributed by atoms with E-state index in [4.69, 9.17) is 4.74 Å². The molecule has 0 radical (unpaired) electrons. The van der Waals surface area contributed by atoms with Gasteiger partial charge in [0.25, 0.3) is 0 Å². The number of rotatable bonds is 8. The molecule has 1 atom stereocenters. The van der Waals surface area contributed by atoms with Crippen molar-refractivity contribution in [3.63, 3.8) is 0 Å². The smallest absolute Gasteiger partial charge is 0.224 e. The van der Waals surface area contributed by atoms with Gasteiger partial charge in [-0.15, -0.1) is 0 Å². The molecule has 0 unspecified atom stereocenters. The second-order valence-electron chi connectivity index (χ2n) is 6.50. The second kappa shape index (κ2) is 9.16. The van der Waals surface area contributed by atoms with Crippen molar-refractivity contribution in [2.24, 2.45) is 0 Å². The van der Waals surface area contributed by atoms with Crippen LogP contribution >= 0.6 is 0 Å². The molecule has 2 aromatic carbocycles. The fourth-order valence-corrected chi connectivity index (χ4v) is 3.03. The first-order valence-corrected chi connectivity index (χ1v) is 9.11. The number of ether oxygens (including phenoxy) is 1. The highest BCUT2D eigenvalue weighted by Gasteiger charge is 2.16. The molecule has 1 heterocycles. The van der Waals surface area contributed by atoms with Gasteiger partial charge in [0, 0.05) is 24.6 Å². The van der Waals surface area contributed by atoms with Crippen molar-refractivity contribution in [3.05, 3.63) is 59.7 Å². The van der Waals surface area contributed by atoms with Crippen molar-refractivity contribution >= 4 is 17.5 Å².